The summed E-state index contributed by atoms with van der Waals surface area (Å²) in [5.74, 6) is -0.547. The summed E-state index contributed by atoms with van der Waals surface area (Å²) in [7, 11) is 0. The third-order valence-electron chi connectivity index (χ3n) is 2.41. The van der Waals surface area contributed by atoms with Gasteiger partial charge in [-0.2, -0.15) is 5.26 Å². The van der Waals surface area contributed by atoms with Gasteiger partial charge in [-0.05, 0) is 12.3 Å². The normalized spacial score (nSPS) is 11.7. The van der Waals surface area contributed by atoms with Crippen LogP contribution in [-0.2, 0) is 9.59 Å². The Bertz CT molecular complexity index is 308. The van der Waals surface area contributed by atoms with Crippen LogP contribution in [0.1, 0.15) is 40.0 Å². The van der Waals surface area contributed by atoms with Gasteiger partial charge in [-0.25, -0.2) is 0 Å². The van der Waals surface area contributed by atoms with Gasteiger partial charge in [0, 0.05) is 19.5 Å². The van der Waals surface area contributed by atoms with Crippen molar-refractivity contribution in [2.24, 2.45) is 11.8 Å². The van der Waals surface area contributed by atoms with E-state index in [-0.39, 0.29) is 24.8 Å². The third kappa shape index (κ3) is 7.66. The summed E-state index contributed by atoms with van der Waals surface area (Å²) in [4.78, 5) is 22.9. The van der Waals surface area contributed by atoms with Gasteiger partial charge in [0.05, 0.1) is 6.07 Å². The first-order valence-corrected chi connectivity index (χ1v) is 6.45. The van der Waals surface area contributed by atoms with Gasteiger partial charge in [0.1, 0.15) is 5.92 Å². The van der Waals surface area contributed by atoms with E-state index in [0.29, 0.717) is 18.9 Å². The first-order valence-electron chi connectivity index (χ1n) is 6.45. The fraction of sp³-hybridized carbons (Fsp3) is 0.769. The summed E-state index contributed by atoms with van der Waals surface area (Å²) in [6.45, 7) is 6.89. The predicted molar refractivity (Wildman–Crippen MR) is 69.5 cm³/mol. The van der Waals surface area contributed by atoms with Crippen molar-refractivity contribution >= 4 is 11.8 Å². The van der Waals surface area contributed by atoms with E-state index in [1.165, 1.54) is 0 Å². The average Bonchev–Trinajstić information content (AvgIpc) is 2.33. The number of hydrogen-bond acceptors (Lipinski definition) is 3. The van der Waals surface area contributed by atoms with Gasteiger partial charge in [-0.1, -0.05) is 27.2 Å². The van der Waals surface area contributed by atoms with Crippen LogP contribution in [0.4, 0.5) is 0 Å². The largest absolute Gasteiger partial charge is 0.356 e. The lowest BCUT2D eigenvalue weighted by Crippen LogP contribution is -2.34. The number of nitrogens with one attached hydrogen (secondary N) is 2. The second-order valence-corrected chi connectivity index (χ2v) is 4.71. The average molecular weight is 253 g/mol. The Labute approximate surface area is 109 Å². The number of hydrogen-bond donors (Lipinski definition) is 2. The Morgan fingerprint density at radius 2 is 1.94 bits per heavy atom. The summed E-state index contributed by atoms with van der Waals surface area (Å²) in [6.07, 6.45) is 1.60. The maximum Gasteiger partial charge on any atom is 0.237 e. The monoisotopic (exact) mass is 253 g/mol. The van der Waals surface area contributed by atoms with Gasteiger partial charge in [-0.3, -0.25) is 9.59 Å². The standard InChI is InChI=1S/C13H23N3O2/c1-4-5-11(8-14)13(18)15-7-6-12(17)16-9-10(2)3/h10-11H,4-7,9H2,1-3H3,(H,15,18)(H,16,17). The molecule has 102 valence electrons. The molecule has 0 spiro atoms. The molecule has 0 heterocycles. The quantitative estimate of drug-likeness (QED) is 0.682. The number of carbonyl (C=O) groups excluding carboxylic acids is 2. The van der Waals surface area contributed by atoms with E-state index in [9.17, 15) is 9.59 Å². The van der Waals surface area contributed by atoms with Gasteiger partial charge in [0.15, 0.2) is 0 Å². The highest BCUT2D eigenvalue weighted by molar-refractivity contribution is 5.82. The minimum atomic E-state index is -0.603. The Morgan fingerprint density at radius 1 is 1.28 bits per heavy atom. The van der Waals surface area contributed by atoms with E-state index < -0.39 is 5.92 Å². The van der Waals surface area contributed by atoms with Crippen LogP contribution >= 0.6 is 0 Å². The van der Waals surface area contributed by atoms with Crippen LogP contribution in [0.15, 0.2) is 0 Å². The lowest BCUT2D eigenvalue weighted by atomic mass is 10.1. The molecule has 5 heteroatoms. The maximum atomic E-state index is 11.5. The smallest absolute Gasteiger partial charge is 0.237 e. The third-order valence-corrected chi connectivity index (χ3v) is 2.41. The van der Waals surface area contributed by atoms with Gasteiger partial charge in [0.2, 0.25) is 11.8 Å². The van der Waals surface area contributed by atoms with Crippen molar-refractivity contribution in [2.75, 3.05) is 13.1 Å². The highest BCUT2D eigenvalue weighted by Crippen LogP contribution is 2.04. The highest BCUT2D eigenvalue weighted by Gasteiger charge is 2.16. The molecule has 0 aromatic carbocycles. The van der Waals surface area contributed by atoms with Crippen LogP contribution in [-0.4, -0.2) is 24.9 Å². The van der Waals surface area contributed by atoms with E-state index in [2.05, 4.69) is 10.6 Å². The van der Waals surface area contributed by atoms with Crippen LogP contribution in [0.3, 0.4) is 0 Å². The summed E-state index contributed by atoms with van der Waals surface area (Å²) < 4.78 is 0. The summed E-state index contributed by atoms with van der Waals surface area (Å²) in [5, 5.41) is 14.2. The molecule has 0 aliphatic heterocycles. The van der Waals surface area contributed by atoms with Gasteiger partial charge >= 0.3 is 0 Å². The maximum absolute atomic E-state index is 11.5. The van der Waals surface area contributed by atoms with Crippen molar-refractivity contribution in [3.05, 3.63) is 0 Å². The fourth-order valence-electron chi connectivity index (χ4n) is 1.37. The molecular weight excluding hydrogens is 230 g/mol. The van der Waals surface area contributed by atoms with Gasteiger partial charge in [-0.15, -0.1) is 0 Å². The second kappa shape index (κ2) is 9.46. The van der Waals surface area contributed by atoms with E-state index in [0.717, 1.165) is 6.42 Å². The molecular formula is C13H23N3O2. The lowest BCUT2D eigenvalue weighted by Gasteiger charge is -2.10. The minimum absolute atomic E-state index is 0.0759. The van der Waals surface area contributed by atoms with Crippen LogP contribution in [0, 0.1) is 23.2 Å². The summed E-state index contributed by atoms with van der Waals surface area (Å²) >= 11 is 0. The molecule has 0 saturated heterocycles. The number of nitriles is 1. The molecule has 0 fully saturated rings. The van der Waals surface area contributed by atoms with Gasteiger partial charge < -0.3 is 10.6 Å². The van der Waals surface area contributed by atoms with Crippen LogP contribution < -0.4 is 10.6 Å². The molecule has 0 aliphatic rings. The lowest BCUT2D eigenvalue weighted by molar-refractivity contribution is -0.124. The molecule has 0 rings (SSSR count). The van der Waals surface area contributed by atoms with Crippen molar-refractivity contribution < 1.29 is 9.59 Å². The van der Waals surface area contributed by atoms with E-state index >= 15 is 0 Å². The zero-order chi connectivity index (χ0) is 14.0. The predicted octanol–water partition coefficient (Wildman–Crippen LogP) is 1.20. The van der Waals surface area contributed by atoms with E-state index in [1.807, 2.05) is 26.8 Å². The molecule has 0 bridgehead atoms. The molecule has 0 saturated carbocycles. The zero-order valence-electron chi connectivity index (χ0n) is 11.5. The summed E-state index contributed by atoms with van der Waals surface area (Å²) in [6, 6.07) is 1.97. The molecule has 0 aromatic rings. The first-order chi connectivity index (χ1) is 8.51. The Morgan fingerprint density at radius 3 is 2.44 bits per heavy atom. The summed E-state index contributed by atoms with van der Waals surface area (Å²) in [5.41, 5.74) is 0. The van der Waals surface area contributed by atoms with Crippen LogP contribution in [0.25, 0.3) is 0 Å². The molecule has 18 heavy (non-hydrogen) atoms. The van der Waals surface area contributed by atoms with Crippen molar-refractivity contribution in [3.63, 3.8) is 0 Å². The molecule has 2 amide bonds. The molecule has 2 N–H and O–H groups in total. The number of carbonyl (C=O) groups is 2. The molecule has 0 aromatic heterocycles. The Balaban J connectivity index is 3.80. The molecule has 1 unspecified atom stereocenters. The number of amides is 2. The van der Waals surface area contributed by atoms with Crippen molar-refractivity contribution in [1.29, 1.82) is 5.26 Å². The minimum Gasteiger partial charge on any atom is -0.356 e. The topological polar surface area (TPSA) is 82.0 Å². The molecule has 0 aliphatic carbocycles. The second-order valence-electron chi connectivity index (χ2n) is 4.71. The van der Waals surface area contributed by atoms with Crippen molar-refractivity contribution in [1.82, 2.24) is 10.6 Å². The first kappa shape index (κ1) is 16.4. The number of rotatable bonds is 8. The molecule has 5 nitrogen and oxygen atoms in total. The van der Waals surface area contributed by atoms with Crippen molar-refractivity contribution in [3.8, 4) is 6.07 Å². The highest BCUT2D eigenvalue weighted by atomic mass is 16.2. The SMILES string of the molecule is CCCC(C#N)C(=O)NCCC(=O)NCC(C)C. The van der Waals surface area contributed by atoms with Crippen molar-refractivity contribution in [2.45, 2.75) is 40.0 Å². The van der Waals surface area contributed by atoms with Gasteiger partial charge in [0.25, 0.3) is 0 Å². The zero-order valence-corrected chi connectivity index (χ0v) is 11.5. The van der Waals surface area contributed by atoms with E-state index in [4.69, 9.17) is 5.26 Å². The van der Waals surface area contributed by atoms with Crippen LogP contribution in [0.2, 0.25) is 0 Å². The molecule has 0 radical (unpaired) electrons. The Kier molecular flexibility index (Phi) is 8.63. The molecule has 1 atom stereocenters. The fourth-order valence-corrected chi connectivity index (χ4v) is 1.37. The van der Waals surface area contributed by atoms with Crippen LogP contribution in [0.5, 0.6) is 0 Å². The number of nitrogens with zero attached hydrogens (tertiary/aromatic N) is 1. The Hall–Kier alpha value is -1.57. The van der Waals surface area contributed by atoms with E-state index in [1.54, 1.807) is 0 Å².